The number of piperazine rings is 1. The summed E-state index contributed by atoms with van der Waals surface area (Å²) in [5.41, 5.74) is 0.413. The van der Waals surface area contributed by atoms with Gasteiger partial charge in [-0.1, -0.05) is 19.1 Å². The number of hydrogen-bond acceptors (Lipinski definition) is 7. The third-order valence-corrected chi connectivity index (χ3v) is 10.3. The summed E-state index contributed by atoms with van der Waals surface area (Å²) in [6, 6.07) is 9.04. The van der Waals surface area contributed by atoms with E-state index in [4.69, 9.17) is 9.72 Å². The lowest BCUT2D eigenvalue weighted by Gasteiger charge is -2.37. The van der Waals surface area contributed by atoms with E-state index >= 15 is 8.78 Å². The van der Waals surface area contributed by atoms with E-state index in [1.165, 1.54) is 18.2 Å². The second-order valence-corrected chi connectivity index (χ2v) is 13.2. The molecule has 8 rings (SSSR count). The Bertz CT molecular complexity index is 1840. The van der Waals surface area contributed by atoms with Gasteiger partial charge in [-0.3, -0.25) is 10.2 Å². The molecule has 236 valence electrons. The Balaban J connectivity index is 1.28. The van der Waals surface area contributed by atoms with Gasteiger partial charge in [0.1, 0.15) is 35.7 Å². The Hall–Kier alpha value is -3.70. The maximum atomic E-state index is 16.8. The molecule has 4 aromatic rings. The molecule has 4 saturated heterocycles. The molecule has 11 heteroatoms. The van der Waals surface area contributed by atoms with Crippen molar-refractivity contribution in [2.75, 3.05) is 37.7 Å². The lowest BCUT2D eigenvalue weighted by Crippen LogP contribution is -2.57. The molecule has 1 aromatic heterocycles. The van der Waals surface area contributed by atoms with Crippen LogP contribution in [0.4, 0.5) is 23.4 Å². The number of alkyl halides is 2. The molecule has 4 atom stereocenters. The predicted molar refractivity (Wildman–Crippen MR) is 164 cm³/mol. The summed E-state index contributed by atoms with van der Waals surface area (Å²) in [7, 11) is 0. The number of hydrogen-bond donors (Lipinski definition) is 2. The lowest BCUT2D eigenvalue weighted by atomic mass is 9.92. The summed E-state index contributed by atoms with van der Waals surface area (Å²) in [6.07, 6.45) is 2.58. The Morgan fingerprint density at radius 1 is 1.09 bits per heavy atom. The van der Waals surface area contributed by atoms with Crippen molar-refractivity contribution in [2.24, 2.45) is 0 Å². The minimum Gasteiger partial charge on any atom is -0.508 e. The average molecular weight is 622 g/mol. The van der Waals surface area contributed by atoms with Gasteiger partial charge in [-0.2, -0.15) is 9.97 Å². The van der Waals surface area contributed by atoms with E-state index in [9.17, 15) is 13.9 Å². The van der Waals surface area contributed by atoms with Gasteiger partial charge in [-0.15, -0.1) is 0 Å². The number of nitrogens with one attached hydrogen (secondary N) is 1. The number of nitrogens with zero attached hydrogens (tertiary/aromatic N) is 4. The Morgan fingerprint density at radius 3 is 2.78 bits per heavy atom. The van der Waals surface area contributed by atoms with E-state index in [0.717, 1.165) is 19.4 Å². The van der Waals surface area contributed by atoms with Crippen molar-refractivity contribution in [3.8, 4) is 22.9 Å². The van der Waals surface area contributed by atoms with Crippen LogP contribution in [0.2, 0.25) is 0 Å². The zero-order chi connectivity index (χ0) is 31.1. The van der Waals surface area contributed by atoms with Crippen LogP contribution in [-0.2, 0) is 6.42 Å². The number of aromatic hydroxyl groups is 1. The molecule has 3 aromatic carbocycles. The fourth-order valence-corrected chi connectivity index (χ4v) is 8.31. The molecule has 0 aliphatic carbocycles. The maximum Gasteiger partial charge on any atom is 0.319 e. The highest BCUT2D eigenvalue weighted by Gasteiger charge is 2.50. The van der Waals surface area contributed by atoms with E-state index in [1.807, 2.05) is 11.8 Å². The van der Waals surface area contributed by atoms with E-state index < -0.39 is 29.1 Å². The number of aryl methyl sites for hydroxylation is 1. The molecule has 5 heterocycles. The number of phenolic OH excluding ortho intramolecular Hbond substituents is 1. The van der Waals surface area contributed by atoms with Crippen molar-refractivity contribution < 1.29 is 27.4 Å². The van der Waals surface area contributed by atoms with Crippen LogP contribution in [0.25, 0.3) is 32.8 Å². The monoisotopic (exact) mass is 621 g/mol. The van der Waals surface area contributed by atoms with Gasteiger partial charge < -0.3 is 14.7 Å². The van der Waals surface area contributed by atoms with Gasteiger partial charge in [0.15, 0.2) is 11.6 Å². The van der Waals surface area contributed by atoms with Crippen molar-refractivity contribution >= 4 is 27.5 Å². The van der Waals surface area contributed by atoms with Gasteiger partial charge >= 0.3 is 6.01 Å². The maximum absolute atomic E-state index is 16.8. The topological polar surface area (TPSA) is 73.8 Å². The van der Waals surface area contributed by atoms with Crippen LogP contribution >= 0.6 is 0 Å². The zero-order valence-electron chi connectivity index (χ0n) is 25.1. The summed E-state index contributed by atoms with van der Waals surface area (Å²) in [5, 5.41) is 15.1. The van der Waals surface area contributed by atoms with E-state index in [1.54, 1.807) is 18.2 Å². The van der Waals surface area contributed by atoms with Crippen molar-refractivity contribution in [2.45, 2.75) is 69.0 Å². The molecule has 0 spiro atoms. The molecule has 7 nitrogen and oxygen atoms in total. The van der Waals surface area contributed by atoms with Crippen molar-refractivity contribution in [3.05, 3.63) is 53.6 Å². The predicted octanol–water partition coefficient (Wildman–Crippen LogP) is 6.19. The zero-order valence-corrected chi connectivity index (χ0v) is 25.1. The molecule has 0 saturated carbocycles. The summed E-state index contributed by atoms with van der Waals surface area (Å²) in [6.45, 7) is 3.67. The molecule has 4 aliphatic rings. The number of phenols is 1. The highest BCUT2D eigenvalue weighted by Crippen LogP contribution is 2.43. The van der Waals surface area contributed by atoms with Crippen LogP contribution in [-0.4, -0.2) is 76.3 Å². The number of anilines is 1. The van der Waals surface area contributed by atoms with E-state index in [0.29, 0.717) is 71.9 Å². The minimum atomic E-state index is -1.58. The molecule has 45 heavy (non-hydrogen) atoms. The summed E-state index contributed by atoms with van der Waals surface area (Å²) in [5.74, 6) is -2.38. The summed E-state index contributed by atoms with van der Waals surface area (Å²) >= 11 is 0. The first kappa shape index (κ1) is 28.8. The number of halogens is 4. The first-order chi connectivity index (χ1) is 21.6. The highest BCUT2D eigenvalue weighted by atomic mass is 19.2. The highest BCUT2D eigenvalue weighted by molar-refractivity contribution is 6.03. The molecule has 4 aliphatic heterocycles. The molecule has 4 fully saturated rings. The van der Waals surface area contributed by atoms with Crippen molar-refractivity contribution in [1.29, 1.82) is 0 Å². The van der Waals surface area contributed by atoms with Gasteiger partial charge in [0, 0.05) is 36.5 Å². The second kappa shape index (κ2) is 10.4. The number of aromatic nitrogens is 2. The van der Waals surface area contributed by atoms with Crippen LogP contribution in [0.5, 0.6) is 11.8 Å². The third-order valence-electron chi connectivity index (χ3n) is 10.3. The second-order valence-electron chi connectivity index (χ2n) is 13.2. The molecular formula is C34H35F4N5O2. The molecular weight excluding hydrogens is 586 g/mol. The van der Waals surface area contributed by atoms with Crippen LogP contribution in [0, 0.1) is 11.6 Å². The van der Waals surface area contributed by atoms with Gasteiger partial charge in [-0.25, -0.2) is 17.6 Å². The van der Waals surface area contributed by atoms with Gasteiger partial charge in [0.2, 0.25) is 0 Å². The Kier molecular flexibility index (Phi) is 6.66. The van der Waals surface area contributed by atoms with Gasteiger partial charge in [0.05, 0.1) is 12.1 Å². The standard InChI is InChI=1S/C34H35F4N5O2/c1-2-23-27(36)7-4-19-12-22(44)13-26(28(19)23)24-5-6-25-30(29(24)37)39-32(45-18-33-9-3-11-43(33)15-20(35)14-33)40-31(25)42-16-21-8-10-34(38,17-42)41-21/h4-7,12-13,20-21,41,44H,2-3,8-11,14-18H2,1H3/t20-,21?,33+,34?/m1/s1. The molecule has 0 radical (unpaired) electrons. The van der Waals surface area contributed by atoms with Crippen LogP contribution in [0.3, 0.4) is 0 Å². The largest absolute Gasteiger partial charge is 0.508 e. The van der Waals surface area contributed by atoms with Crippen LogP contribution < -0.4 is 15.0 Å². The first-order valence-electron chi connectivity index (χ1n) is 15.8. The number of fused-ring (bicyclic) bond motifs is 5. The van der Waals surface area contributed by atoms with Gasteiger partial charge in [0.25, 0.3) is 0 Å². The van der Waals surface area contributed by atoms with Crippen LogP contribution in [0.1, 0.15) is 44.6 Å². The van der Waals surface area contributed by atoms with E-state index in [-0.39, 0.29) is 42.0 Å². The smallest absolute Gasteiger partial charge is 0.319 e. The minimum absolute atomic E-state index is 0.0206. The fraction of sp³-hybridized carbons (Fsp3) is 0.471. The molecule has 2 bridgehead atoms. The fourth-order valence-electron chi connectivity index (χ4n) is 8.31. The average Bonchev–Trinajstić information content (AvgIpc) is 3.63. The normalized spacial score (nSPS) is 28.0. The summed E-state index contributed by atoms with van der Waals surface area (Å²) < 4.78 is 68.0. The van der Waals surface area contributed by atoms with Crippen molar-refractivity contribution in [3.63, 3.8) is 0 Å². The van der Waals surface area contributed by atoms with Crippen LogP contribution in [0.15, 0.2) is 36.4 Å². The summed E-state index contributed by atoms with van der Waals surface area (Å²) in [4.78, 5) is 13.2. The van der Waals surface area contributed by atoms with E-state index in [2.05, 4.69) is 15.2 Å². The third kappa shape index (κ3) is 4.69. The lowest BCUT2D eigenvalue weighted by molar-refractivity contribution is 0.107. The first-order valence-corrected chi connectivity index (χ1v) is 15.8. The SMILES string of the molecule is CCc1c(F)ccc2cc(O)cc(-c3ccc4c(N5CC6CCC(F)(C5)N6)nc(OC[C@@]56CCCN5C[C@H](F)C6)nc4c3F)c12. The molecule has 2 N–H and O–H groups in total. The molecule has 0 amide bonds. The van der Waals surface area contributed by atoms with Crippen molar-refractivity contribution in [1.82, 2.24) is 20.2 Å². The Morgan fingerprint density at radius 2 is 1.96 bits per heavy atom. The number of ether oxygens (including phenoxy) is 1. The number of rotatable bonds is 6. The number of benzene rings is 3. The quantitative estimate of drug-likeness (QED) is 0.197. The molecule has 2 unspecified atom stereocenters. The Labute approximate surface area is 258 Å². The van der Waals surface area contributed by atoms with Gasteiger partial charge in [-0.05, 0) is 84.8 Å².